The second-order valence-corrected chi connectivity index (χ2v) is 11.3. The zero-order chi connectivity index (χ0) is 29.2. The van der Waals surface area contributed by atoms with E-state index in [1.165, 1.54) is 4.90 Å². The van der Waals surface area contributed by atoms with Gasteiger partial charge in [-0.2, -0.15) is 0 Å². The number of anilines is 1. The number of carbonyl (C=O) groups excluding carboxylic acids is 3. The van der Waals surface area contributed by atoms with Gasteiger partial charge in [-0.15, -0.1) is 13.2 Å². The normalized spacial score (nSPS) is 27.4. The van der Waals surface area contributed by atoms with E-state index in [-0.39, 0.29) is 36.8 Å². The summed E-state index contributed by atoms with van der Waals surface area (Å²) in [5.74, 6) is -1.71. The number of likely N-dealkylation sites (tertiary alicyclic amines) is 1. The predicted molar refractivity (Wildman–Crippen MR) is 153 cm³/mol. The maximum absolute atomic E-state index is 14.6. The van der Waals surface area contributed by atoms with Crippen LogP contribution in [0.3, 0.4) is 0 Å². The minimum absolute atomic E-state index is 0.128. The molecule has 218 valence electrons. The van der Waals surface area contributed by atoms with E-state index in [4.69, 9.17) is 9.47 Å². The van der Waals surface area contributed by atoms with Crippen LogP contribution in [0.2, 0.25) is 0 Å². The quantitative estimate of drug-likeness (QED) is 0.377. The van der Waals surface area contributed by atoms with Gasteiger partial charge < -0.3 is 29.3 Å². The van der Waals surface area contributed by atoms with Crippen LogP contribution in [-0.2, 0) is 19.1 Å². The van der Waals surface area contributed by atoms with Crippen LogP contribution in [-0.4, -0.2) is 89.8 Å². The topological polar surface area (TPSA) is 99.6 Å². The summed E-state index contributed by atoms with van der Waals surface area (Å²) in [7, 11) is 1.58. The Morgan fingerprint density at radius 2 is 1.88 bits per heavy atom. The monoisotopic (exact) mass is 553 g/mol. The number of carbonyl (C=O) groups is 3. The van der Waals surface area contributed by atoms with Gasteiger partial charge in [-0.05, 0) is 49.4 Å². The molecular weight excluding hydrogens is 510 g/mol. The van der Waals surface area contributed by atoms with E-state index in [9.17, 15) is 19.5 Å². The Morgan fingerprint density at radius 3 is 2.42 bits per heavy atom. The van der Waals surface area contributed by atoms with Crippen molar-refractivity contribution in [3.8, 4) is 5.75 Å². The van der Waals surface area contributed by atoms with Gasteiger partial charge >= 0.3 is 0 Å². The number of aliphatic hydroxyl groups is 1. The Kier molecular flexibility index (Phi) is 9.05. The summed E-state index contributed by atoms with van der Waals surface area (Å²) in [4.78, 5) is 47.8. The van der Waals surface area contributed by atoms with E-state index in [1.807, 2.05) is 20.8 Å². The molecular formula is C31H43N3O6. The van der Waals surface area contributed by atoms with Crippen molar-refractivity contribution >= 4 is 23.4 Å². The molecule has 1 aromatic rings. The summed E-state index contributed by atoms with van der Waals surface area (Å²) >= 11 is 0. The van der Waals surface area contributed by atoms with Gasteiger partial charge in [-0.25, -0.2) is 0 Å². The van der Waals surface area contributed by atoms with E-state index in [0.29, 0.717) is 37.4 Å². The van der Waals surface area contributed by atoms with Crippen LogP contribution >= 0.6 is 0 Å². The molecule has 6 atom stereocenters. The van der Waals surface area contributed by atoms with E-state index in [2.05, 4.69) is 13.2 Å². The van der Waals surface area contributed by atoms with Gasteiger partial charge in [-0.1, -0.05) is 32.9 Å². The maximum Gasteiger partial charge on any atom is 0.253 e. The fourth-order valence-corrected chi connectivity index (χ4v) is 6.92. The molecule has 3 aliphatic rings. The van der Waals surface area contributed by atoms with E-state index < -0.39 is 35.6 Å². The third-order valence-corrected chi connectivity index (χ3v) is 8.69. The molecule has 3 amide bonds. The minimum Gasteiger partial charge on any atom is -0.497 e. The third-order valence-electron chi connectivity index (χ3n) is 8.69. The lowest BCUT2D eigenvalue weighted by Gasteiger charge is -2.40. The van der Waals surface area contributed by atoms with E-state index >= 15 is 0 Å². The van der Waals surface area contributed by atoms with Crippen molar-refractivity contribution in [1.82, 2.24) is 9.80 Å². The molecule has 3 fully saturated rings. The average Bonchev–Trinajstić information content (AvgIpc) is 3.59. The Labute approximate surface area is 237 Å². The largest absolute Gasteiger partial charge is 0.497 e. The van der Waals surface area contributed by atoms with Gasteiger partial charge in [0.1, 0.15) is 17.4 Å². The van der Waals surface area contributed by atoms with Gasteiger partial charge in [-0.3, -0.25) is 14.4 Å². The SMILES string of the molecule is C=CCN(CCC)C(=O)[C@@H]1[C@@H]2CCC3(O2)C(C(=O)N(CC=C)c2ccc(OC)cc2)N([C@@H](CO)C(C)C)C(=O)[C@H]13. The van der Waals surface area contributed by atoms with Crippen LogP contribution in [0.5, 0.6) is 5.75 Å². The van der Waals surface area contributed by atoms with Crippen molar-refractivity contribution in [2.24, 2.45) is 17.8 Å². The first-order valence-electron chi connectivity index (χ1n) is 14.3. The Hall–Kier alpha value is -3.17. The lowest BCUT2D eigenvalue weighted by molar-refractivity contribution is -0.148. The molecule has 40 heavy (non-hydrogen) atoms. The smallest absolute Gasteiger partial charge is 0.253 e. The number of aliphatic hydroxyl groups excluding tert-OH is 1. The molecule has 1 spiro atoms. The number of hydrogen-bond acceptors (Lipinski definition) is 6. The van der Waals surface area contributed by atoms with Crippen molar-refractivity contribution < 1.29 is 29.0 Å². The highest BCUT2D eigenvalue weighted by Gasteiger charge is 2.75. The summed E-state index contributed by atoms with van der Waals surface area (Å²) < 4.78 is 11.9. The maximum atomic E-state index is 14.6. The molecule has 2 bridgehead atoms. The molecule has 4 rings (SSSR count). The summed E-state index contributed by atoms with van der Waals surface area (Å²) in [5.41, 5.74) is -0.525. The lowest BCUT2D eigenvalue weighted by atomic mass is 9.70. The highest BCUT2D eigenvalue weighted by atomic mass is 16.5. The minimum atomic E-state index is -1.15. The number of fused-ring (bicyclic) bond motifs is 1. The fraction of sp³-hybridized carbons (Fsp3) is 0.581. The lowest BCUT2D eigenvalue weighted by Crippen LogP contribution is -2.59. The Morgan fingerprint density at radius 1 is 1.20 bits per heavy atom. The number of nitrogens with zero attached hydrogens (tertiary/aromatic N) is 3. The standard InChI is InChI=1S/C31H43N3O6/c1-7-16-32(17-8-2)28(36)25-24-14-15-31(40-24)26(25)29(37)34(23(19-35)20(4)5)27(31)30(38)33(18-9-3)21-10-12-22(39-6)13-11-21/h7,9-13,20,23-27,35H,1,3,8,14-19H2,2,4-6H3/t23-,24-,25+,26-,27?,31?/m0/s1. The van der Waals surface area contributed by atoms with Crippen molar-refractivity contribution in [1.29, 1.82) is 0 Å². The van der Waals surface area contributed by atoms with Crippen molar-refractivity contribution in [2.45, 2.75) is 63.8 Å². The molecule has 1 N–H and O–H groups in total. The first kappa shape index (κ1) is 29.8. The molecule has 3 aliphatic heterocycles. The number of methoxy groups -OCH3 is 1. The predicted octanol–water partition coefficient (Wildman–Crippen LogP) is 3.03. The first-order chi connectivity index (χ1) is 19.2. The molecule has 3 heterocycles. The van der Waals surface area contributed by atoms with Crippen molar-refractivity contribution in [2.75, 3.05) is 38.3 Å². The van der Waals surface area contributed by atoms with Crippen LogP contribution in [0.25, 0.3) is 0 Å². The number of ether oxygens (including phenoxy) is 2. The molecule has 2 unspecified atom stereocenters. The van der Waals surface area contributed by atoms with E-state index in [1.54, 1.807) is 53.3 Å². The molecule has 1 aromatic carbocycles. The number of amides is 3. The third kappa shape index (κ3) is 4.83. The molecule has 3 saturated heterocycles. The number of benzene rings is 1. The van der Waals surface area contributed by atoms with Gasteiger partial charge in [0.2, 0.25) is 11.8 Å². The van der Waals surface area contributed by atoms with Crippen LogP contribution in [0, 0.1) is 17.8 Å². The highest BCUT2D eigenvalue weighted by molar-refractivity contribution is 6.05. The van der Waals surface area contributed by atoms with Gasteiger partial charge in [0, 0.05) is 25.3 Å². The van der Waals surface area contributed by atoms with Gasteiger partial charge in [0.05, 0.1) is 37.7 Å². The van der Waals surface area contributed by atoms with E-state index in [0.717, 1.165) is 6.42 Å². The summed E-state index contributed by atoms with van der Waals surface area (Å²) in [6.45, 7) is 14.3. The summed E-state index contributed by atoms with van der Waals surface area (Å²) in [6, 6.07) is 5.53. The van der Waals surface area contributed by atoms with Crippen LogP contribution in [0.15, 0.2) is 49.6 Å². The zero-order valence-electron chi connectivity index (χ0n) is 24.1. The molecule has 0 aliphatic carbocycles. The average molecular weight is 554 g/mol. The fourth-order valence-electron chi connectivity index (χ4n) is 6.92. The van der Waals surface area contributed by atoms with Gasteiger partial charge in [0.15, 0.2) is 0 Å². The number of hydrogen-bond donors (Lipinski definition) is 1. The second kappa shape index (κ2) is 12.1. The summed E-state index contributed by atoms with van der Waals surface area (Å²) in [6.07, 6.45) is 4.73. The molecule has 9 heteroatoms. The Balaban J connectivity index is 1.81. The van der Waals surface area contributed by atoms with Crippen LogP contribution in [0.4, 0.5) is 5.69 Å². The molecule has 9 nitrogen and oxygen atoms in total. The highest BCUT2D eigenvalue weighted by Crippen LogP contribution is 2.59. The zero-order valence-corrected chi connectivity index (χ0v) is 24.1. The van der Waals surface area contributed by atoms with Gasteiger partial charge in [0.25, 0.3) is 5.91 Å². The van der Waals surface area contributed by atoms with Crippen LogP contribution < -0.4 is 9.64 Å². The summed E-state index contributed by atoms with van der Waals surface area (Å²) in [5, 5.41) is 10.4. The molecule has 0 radical (unpaired) electrons. The number of rotatable bonds is 13. The second-order valence-electron chi connectivity index (χ2n) is 11.3. The molecule has 0 saturated carbocycles. The van der Waals surface area contributed by atoms with Crippen LogP contribution in [0.1, 0.15) is 40.0 Å². The van der Waals surface area contributed by atoms with Crippen molar-refractivity contribution in [3.05, 3.63) is 49.6 Å². The Bertz CT molecular complexity index is 1120. The first-order valence-corrected chi connectivity index (χ1v) is 14.3. The van der Waals surface area contributed by atoms with Crippen molar-refractivity contribution in [3.63, 3.8) is 0 Å². The molecule has 0 aromatic heterocycles.